The molecule has 0 aromatic heterocycles. The Hall–Kier alpha value is -2.40. The van der Waals surface area contributed by atoms with Gasteiger partial charge in [0.15, 0.2) is 0 Å². The minimum absolute atomic E-state index is 0.265. The number of amides is 2. The van der Waals surface area contributed by atoms with Crippen molar-refractivity contribution < 1.29 is 9.18 Å². The summed E-state index contributed by atoms with van der Waals surface area (Å²) in [5.74, 6) is 0.317. The zero-order valence-electron chi connectivity index (χ0n) is 14.2. The average molecular weight is 341 g/mol. The van der Waals surface area contributed by atoms with Crippen LogP contribution in [0.15, 0.2) is 54.6 Å². The first-order valence-electron chi connectivity index (χ1n) is 8.77. The molecule has 3 rings (SSSR count). The predicted molar refractivity (Wildman–Crippen MR) is 98.1 cm³/mol. The molecule has 2 atom stereocenters. The lowest BCUT2D eigenvalue weighted by Crippen LogP contribution is -2.47. The Bertz CT molecular complexity index is 675. The molecule has 2 aromatic rings. The standard InChI is InChI=1S/C20H24FN3O/c21-17-6-8-18(9-7-17)24-20(25)23-14-19-13-16(10-11-22-19)12-15-4-2-1-3-5-15/h1-9,16,19,22H,10-14H2,(H2,23,24,25)/t16-,19-/m1/s1. The molecule has 1 aliphatic rings. The molecule has 5 heteroatoms. The Morgan fingerprint density at radius 2 is 1.88 bits per heavy atom. The van der Waals surface area contributed by atoms with Gasteiger partial charge in [-0.15, -0.1) is 0 Å². The quantitative estimate of drug-likeness (QED) is 0.779. The normalized spacial score (nSPS) is 20.0. The van der Waals surface area contributed by atoms with E-state index in [2.05, 4.69) is 40.2 Å². The van der Waals surface area contributed by atoms with Crippen LogP contribution in [0, 0.1) is 11.7 Å². The molecule has 1 aliphatic heterocycles. The van der Waals surface area contributed by atoms with Crippen LogP contribution in [0.1, 0.15) is 18.4 Å². The number of hydrogen-bond donors (Lipinski definition) is 3. The first-order valence-corrected chi connectivity index (χ1v) is 8.77. The Kier molecular flexibility index (Phi) is 6.01. The van der Waals surface area contributed by atoms with Crippen LogP contribution in [0.5, 0.6) is 0 Å². The first-order chi connectivity index (χ1) is 12.2. The Labute approximate surface area is 147 Å². The minimum Gasteiger partial charge on any atom is -0.336 e. The zero-order valence-corrected chi connectivity index (χ0v) is 14.2. The fourth-order valence-electron chi connectivity index (χ4n) is 3.31. The van der Waals surface area contributed by atoms with Crippen molar-refractivity contribution in [2.75, 3.05) is 18.4 Å². The maximum absolute atomic E-state index is 12.9. The van der Waals surface area contributed by atoms with Crippen molar-refractivity contribution in [1.82, 2.24) is 10.6 Å². The fraction of sp³-hybridized carbons (Fsp3) is 0.350. The molecule has 25 heavy (non-hydrogen) atoms. The largest absolute Gasteiger partial charge is 0.336 e. The number of rotatable bonds is 5. The number of carbonyl (C=O) groups excluding carboxylic acids is 1. The number of halogens is 1. The molecule has 0 radical (unpaired) electrons. The monoisotopic (exact) mass is 341 g/mol. The van der Waals surface area contributed by atoms with Crippen molar-refractivity contribution in [1.29, 1.82) is 0 Å². The van der Waals surface area contributed by atoms with E-state index in [4.69, 9.17) is 0 Å². The Morgan fingerprint density at radius 3 is 2.64 bits per heavy atom. The average Bonchev–Trinajstić information content (AvgIpc) is 2.63. The summed E-state index contributed by atoms with van der Waals surface area (Å²) in [6.45, 7) is 1.56. The second-order valence-corrected chi connectivity index (χ2v) is 6.57. The number of carbonyl (C=O) groups is 1. The van der Waals surface area contributed by atoms with Crippen LogP contribution in [-0.4, -0.2) is 25.2 Å². The summed E-state index contributed by atoms with van der Waals surface area (Å²) in [7, 11) is 0. The smallest absolute Gasteiger partial charge is 0.319 e. The van der Waals surface area contributed by atoms with Crippen LogP contribution in [-0.2, 0) is 6.42 Å². The summed E-state index contributed by atoms with van der Waals surface area (Å²) in [5, 5.41) is 9.08. The van der Waals surface area contributed by atoms with Gasteiger partial charge in [0.25, 0.3) is 0 Å². The topological polar surface area (TPSA) is 53.2 Å². The van der Waals surface area contributed by atoms with Gasteiger partial charge in [0, 0.05) is 18.3 Å². The van der Waals surface area contributed by atoms with Gasteiger partial charge in [-0.2, -0.15) is 0 Å². The van der Waals surface area contributed by atoms with Crippen molar-refractivity contribution in [3.05, 3.63) is 66.0 Å². The van der Waals surface area contributed by atoms with Gasteiger partial charge >= 0.3 is 6.03 Å². The van der Waals surface area contributed by atoms with Gasteiger partial charge in [-0.05, 0) is 61.6 Å². The minimum atomic E-state index is -0.318. The molecular formula is C20H24FN3O. The second kappa shape index (κ2) is 8.62. The van der Waals surface area contributed by atoms with E-state index in [-0.39, 0.29) is 17.9 Å². The van der Waals surface area contributed by atoms with E-state index in [1.54, 1.807) is 12.1 Å². The fourth-order valence-corrected chi connectivity index (χ4v) is 3.31. The van der Waals surface area contributed by atoms with Crippen molar-refractivity contribution in [3.8, 4) is 0 Å². The summed E-state index contributed by atoms with van der Waals surface area (Å²) in [6.07, 6.45) is 3.29. The third-order valence-corrected chi connectivity index (χ3v) is 4.58. The summed E-state index contributed by atoms with van der Waals surface area (Å²) in [6, 6.07) is 16.3. The van der Waals surface area contributed by atoms with E-state index in [0.29, 0.717) is 18.2 Å². The molecule has 3 N–H and O–H groups in total. The highest BCUT2D eigenvalue weighted by molar-refractivity contribution is 5.89. The van der Waals surface area contributed by atoms with Crippen molar-refractivity contribution in [2.45, 2.75) is 25.3 Å². The van der Waals surface area contributed by atoms with E-state index in [1.165, 1.54) is 17.7 Å². The van der Waals surface area contributed by atoms with Gasteiger partial charge in [-0.3, -0.25) is 0 Å². The zero-order chi connectivity index (χ0) is 17.5. The molecule has 1 fully saturated rings. The number of hydrogen-bond acceptors (Lipinski definition) is 2. The third-order valence-electron chi connectivity index (χ3n) is 4.58. The van der Waals surface area contributed by atoms with Crippen LogP contribution in [0.4, 0.5) is 14.9 Å². The first kappa shape index (κ1) is 17.4. The molecular weight excluding hydrogens is 317 g/mol. The number of benzene rings is 2. The lowest BCUT2D eigenvalue weighted by molar-refractivity contribution is 0.246. The molecule has 0 saturated carbocycles. The number of anilines is 1. The lowest BCUT2D eigenvalue weighted by Gasteiger charge is -2.30. The number of nitrogens with one attached hydrogen (secondary N) is 3. The Morgan fingerprint density at radius 1 is 1.12 bits per heavy atom. The van der Waals surface area contributed by atoms with Crippen LogP contribution >= 0.6 is 0 Å². The second-order valence-electron chi connectivity index (χ2n) is 6.57. The highest BCUT2D eigenvalue weighted by Gasteiger charge is 2.22. The molecule has 0 aliphatic carbocycles. The highest BCUT2D eigenvalue weighted by atomic mass is 19.1. The Balaban J connectivity index is 1.43. The number of urea groups is 1. The van der Waals surface area contributed by atoms with Gasteiger partial charge in [0.2, 0.25) is 0 Å². The van der Waals surface area contributed by atoms with E-state index < -0.39 is 0 Å². The van der Waals surface area contributed by atoms with Gasteiger partial charge in [0.1, 0.15) is 5.82 Å². The SMILES string of the molecule is O=C(NC[C@H]1C[C@@H](Cc2ccccc2)CCN1)Nc1ccc(F)cc1. The van der Waals surface area contributed by atoms with Gasteiger partial charge < -0.3 is 16.0 Å². The molecule has 132 valence electrons. The van der Waals surface area contributed by atoms with Gasteiger partial charge in [-0.25, -0.2) is 9.18 Å². The number of piperidine rings is 1. The summed E-state index contributed by atoms with van der Waals surface area (Å²) in [5.41, 5.74) is 1.95. The molecule has 1 saturated heterocycles. The molecule has 4 nitrogen and oxygen atoms in total. The molecule has 0 bridgehead atoms. The predicted octanol–water partition coefficient (Wildman–Crippen LogP) is 3.56. The molecule has 0 spiro atoms. The summed E-state index contributed by atoms with van der Waals surface area (Å²) in [4.78, 5) is 12.0. The van der Waals surface area contributed by atoms with Crippen LogP contribution < -0.4 is 16.0 Å². The maximum Gasteiger partial charge on any atom is 0.319 e. The van der Waals surface area contributed by atoms with Crippen molar-refractivity contribution in [2.24, 2.45) is 5.92 Å². The highest BCUT2D eigenvalue weighted by Crippen LogP contribution is 2.21. The summed E-state index contributed by atoms with van der Waals surface area (Å²) < 4.78 is 12.9. The van der Waals surface area contributed by atoms with E-state index in [1.807, 2.05) is 6.07 Å². The third kappa shape index (κ3) is 5.57. The molecule has 0 unspecified atom stereocenters. The molecule has 2 aromatic carbocycles. The molecule has 1 heterocycles. The van der Waals surface area contributed by atoms with Crippen LogP contribution in [0.25, 0.3) is 0 Å². The van der Waals surface area contributed by atoms with Gasteiger partial charge in [-0.1, -0.05) is 30.3 Å². The van der Waals surface area contributed by atoms with E-state index in [0.717, 1.165) is 25.8 Å². The van der Waals surface area contributed by atoms with Crippen LogP contribution in [0.3, 0.4) is 0 Å². The van der Waals surface area contributed by atoms with E-state index >= 15 is 0 Å². The molecule has 2 amide bonds. The summed E-state index contributed by atoms with van der Waals surface area (Å²) >= 11 is 0. The van der Waals surface area contributed by atoms with E-state index in [9.17, 15) is 9.18 Å². The van der Waals surface area contributed by atoms with Gasteiger partial charge in [0.05, 0.1) is 0 Å². The maximum atomic E-state index is 12.9. The van der Waals surface area contributed by atoms with Crippen molar-refractivity contribution >= 4 is 11.7 Å². The van der Waals surface area contributed by atoms with Crippen LogP contribution in [0.2, 0.25) is 0 Å². The lowest BCUT2D eigenvalue weighted by atomic mass is 9.87. The van der Waals surface area contributed by atoms with Crippen molar-refractivity contribution in [3.63, 3.8) is 0 Å².